The van der Waals surface area contributed by atoms with E-state index in [0.717, 1.165) is 31.6 Å². The smallest absolute Gasteiger partial charge is 0.238 e. The van der Waals surface area contributed by atoms with Gasteiger partial charge in [0.25, 0.3) is 0 Å². The lowest BCUT2D eigenvalue weighted by molar-refractivity contribution is -0.132. The molecule has 0 spiro atoms. The molecule has 2 fully saturated rings. The monoisotopic (exact) mass is 274 g/mol. The molecule has 4 heteroatoms. The van der Waals surface area contributed by atoms with Gasteiger partial charge >= 0.3 is 0 Å². The average molecular weight is 274 g/mol. The summed E-state index contributed by atoms with van der Waals surface area (Å²) in [6.07, 6.45) is 2.11. The van der Waals surface area contributed by atoms with Crippen LogP contribution >= 0.6 is 0 Å². The number of hydrogen-bond donors (Lipinski definition) is 1. The molecular weight excluding hydrogens is 252 g/mol. The molecule has 2 aliphatic rings. The Morgan fingerprint density at radius 2 is 1.95 bits per heavy atom. The van der Waals surface area contributed by atoms with Crippen molar-refractivity contribution in [2.24, 2.45) is 5.92 Å². The van der Waals surface area contributed by atoms with E-state index in [1.54, 1.807) is 0 Å². The molecule has 20 heavy (non-hydrogen) atoms. The molecule has 1 amide bonds. The van der Waals surface area contributed by atoms with Crippen molar-refractivity contribution >= 4 is 5.91 Å². The van der Waals surface area contributed by atoms with Gasteiger partial charge in [0.05, 0.1) is 6.54 Å². The Hall–Kier alpha value is -1.39. The van der Waals surface area contributed by atoms with Crippen LogP contribution in [0.2, 0.25) is 0 Å². The predicted molar refractivity (Wildman–Crippen MR) is 77.0 cm³/mol. The van der Waals surface area contributed by atoms with E-state index < -0.39 is 0 Å². The van der Waals surface area contributed by atoms with Gasteiger partial charge in [0.1, 0.15) is 6.17 Å². The first-order chi connectivity index (χ1) is 9.77. The number of hydrogen-bond acceptors (Lipinski definition) is 3. The molecular formula is C16H22N2O2. The normalized spacial score (nSPS) is 25.9. The third-order valence-electron chi connectivity index (χ3n) is 4.52. The molecule has 1 aromatic carbocycles. The fraction of sp³-hybridized carbons (Fsp3) is 0.562. The predicted octanol–water partition coefficient (Wildman–Crippen LogP) is 1.93. The van der Waals surface area contributed by atoms with Crippen molar-refractivity contribution in [3.63, 3.8) is 0 Å². The third-order valence-corrected chi connectivity index (χ3v) is 4.52. The highest BCUT2D eigenvalue weighted by Gasteiger charge is 2.38. The van der Waals surface area contributed by atoms with Crippen molar-refractivity contribution in [2.45, 2.75) is 32.0 Å². The van der Waals surface area contributed by atoms with Gasteiger partial charge in [-0.15, -0.1) is 0 Å². The number of carbonyl (C=O) groups is 1. The quantitative estimate of drug-likeness (QED) is 0.916. The fourth-order valence-electron chi connectivity index (χ4n) is 3.32. The molecule has 0 bridgehead atoms. The molecule has 1 N–H and O–H groups in total. The van der Waals surface area contributed by atoms with Crippen LogP contribution in [0.4, 0.5) is 0 Å². The standard InChI is InChI=1S/C16H22N2O2/c1-12(13-7-9-20-10-8-13)18-15(19)11-17-16(18)14-5-3-2-4-6-14/h2-6,12-13,16-17H,7-11H2,1H3. The summed E-state index contributed by atoms with van der Waals surface area (Å²) in [6, 6.07) is 10.5. The van der Waals surface area contributed by atoms with Crippen LogP contribution in [0, 0.1) is 5.92 Å². The number of ether oxygens (including phenoxy) is 1. The molecule has 0 radical (unpaired) electrons. The lowest BCUT2D eigenvalue weighted by Gasteiger charge is -2.37. The zero-order valence-electron chi connectivity index (χ0n) is 11.9. The minimum absolute atomic E-state index is 0.0153. The lowest BCUT2D eigenvalue weighted by atomic mass is 9.91. The summed E-state index contributed by atoms with van der Waals surface area (Å²) < 4.78 is 5.43. The first-order valence-electron chi connectivity index (χ1n) is 7.44. The van der Waals surface area contributed by atoms with E-state index >= 15 is 0 Å². The van der Waals surface area contributed by atoms with Crippen molar-refractivity contribution in [2.75, 3.05) is 19.8 Å². The Kier molecular flexibility index (Phi) is 4.03. The second-order valence-electron chi connectivity index (χ2n) is 5.69. The Labute approximate surface area is 120 Å². The minimum atomic E-state index is 0.0153. The SMILES string of the molecule is CC(C1CCOCC1)N1C(=O)CNC1c1ccccc1. The van der Waals surface area contributed by atoms with Crippen molar-refractivity contribution < 1.29 is 9.53 Å². The Morgan fingerprint density at radius 3 is 2.65 bits per heavy atom. The molecule has 0 saturated carbocycles. The van der Waals surface area contributed by atoms with Gasteiger partial charge in [-0.1, -0.05) is 30.3 Å². The van der Waals surface area contributed by atoms with E-state index in [9.17, 15) is 4.79 Å². The van der Waals surface area contributed by atoms with E-state index in [0.29, 0.717) is 12.5 Å². The van der Waals surface area contributed by atoms with Crippen LogP contribution in [0.1, 0.15) is 31.5 Å². The number of carbonyl (C=O) groups excluding carboxylic acids is 1. The molecule has 1 aromatic rings. The zero-order chi connectivity index (χ0) is 13.9. The first-order valence-corrected chi connectivity index (χ1v) is 7.44. The van der Waals surface area contributed by atoms with Crippen molar-refractivity contribution in [3.05, 3.63) is 35.9 Å². The van der Waals surface area contributed by atoms with Gasteiger partial charge in [-0.3, -0.25) is 10.1 Å². The van der Waals surface area contributed by atoms with Gasteiger partial charge in [0.15, 0.2) is 0 Å². The van der Waals surface area contributed by atoms with Gasteiger partial charge in [0.2, 0.25) is 5.91 Å². The van der Waals surface area contributed by atoms with Crippen molar-refractivity contribution in [1.29, 1.82) is 0 Å². The second-order valence-corrected chi connectivity index (χ2v) is 5.69. The molecule has 3 rings (SSSR count). The summed E-state index contributed by atoms with van der Waals surface area (Å²) in [4.78, 5) is 14.3. The number of amides is 1. The molecule has 0 aliphatic carbocycles. The highest BCUT2D eigenvalue weighted by Crippen LogP contribution is 2.31. The summed E-state index contributed by atoms with van der Waals surface area (Å²) in [7, 11) is 0. The van der Waals surface area contributed by atoms with Crippen LogP contribution in [0.3, 0.4) is 0 Å². The van der Waals surface area contributed by atoms with E-state index in [2.05, 4.69) is 24.4 Å². The summed E-state index contributed by atoms with van der Waals surface area (Å²) in [5.41, 5.74) is 1.16. The maximum absolute atomic E-state index is 12.3. The summed E-state index contributed by atoms with van der Waals surface area (Å²) in [5.74, 6) is 0.747. The first kappa shape index (κ1) is 13.6. The highest BCUT2D eigenvalue weighted by molar-refractivity contribution is 5.81. The van der Waals surface area contributed by atoms with Gasteiger partial charge < -0.3 is 9.64 Å². The Morgan fingerprint density at radius 1 is 1.25 bits per heavy atom. The topological polar surface area (TPSA) is 41.6 Å². The van der Waals surface area contributed by atoms with Crippen molar-refractivity contribution in [3.8, 4) is 0 Å². The van der Waals surface area contributed by atoms with Crippen LogP contribution in [0.5, 0.6) is 0 Å². The third kappa shape index (κ3) is 2.58. The number of benzene rings is 1. The van der Waals surface area contributed by atoms with Crippen molar-refractivity contribution in [1.82, 2.24) is 10.2 Å². The summed E-state index contributed by atoms with van der Waals surface area (Å²) >= 11 is 0. The second kappa shape index (κ2) is 5.94. The molecule has 2 aliphatic heterocycles. The largest absolute Gasteiger partial charge is 0.381 e. The molecule has 2 saturated heterocycles. The van der Waals surface area contributed by atoms with E-state index in [-0.39, 0.29) is 18.1 Å². The number of nitrogens with one attached hydrogen (secondary N) is 1. The van der Waals surface area contributed by atoms with Crippen LogP contribution < -0.4 is 5.32 Å². The Bertz CT molecular complexity index is 457. The minimum Gasteiger partial charge on any atom is -0.381 e. The van der Waals surface area contributed by atoms with E-state index in [4.69, 9.17) is 4.74 Å². The summed E-state index contributed by atoms with van der Waals surface area (Å²) in [6.45, 7) is 4.25. The fourth-order valence-corrected chi connectivity index (χ4v) is 3.32. The summed E-state index contributed by atoms with van der Waals surface area (Å²) in [5, 5.41) is 3.34. The molecule has 108 valence electrons. The Balaban J connectivity index is 1.79. The number of rotatable bonds is 3. The van der Waals surface area contributed by atoms with E-state index in [1.165, 1.54) is 0 Å². The van der Waals surface area contributed by atoms with Crippen LogP contribution in [0.15, 0.2) is 30.3 Å². The number of nitrogens with zero attached hydrogens (tertiary/aromatic N) is 1. The molecule has 4 nitrogen and oxygen atoms in total. The van der Waals surface area contributed by atoms with Crippen LogP contribution in [0.25, 0.3) is 0 Å². The van der Waals surface area contributed by atoms with Gasteiger partial charge in [-0.2, -0.15) is 0 Å². The zero-order valence-corrected chi connectivity index (χ0v) is 11.9. The molecule has 0 aromatic heterocycles. The molecule has 2 atom stereocenters. The van der Waals surface area contributed by atoms with Gasteiger partial charge in [-0.25, -0.2) is 0 Å². The highest BCUT2D eigenvalue weighted by atomic mass is 16.5. The lowest BCUT2D eigenvalue weighted by Crippen LogP contribution is -2.43. The van der Waals surface area contributed by atoms with E-state index in [1.807, 2.05) is 23.1 Å². The van der Waals surface area contributed by atoms with Gasteiger partial charge in [0, 0.05) is 19.3 Å². The maximum Gasteiger partial charge on any atom is 0.238 e. The van der Waals surface area contributed by atoms with Crippen LogP contribution in [-0.2, 0) is 9.53 Å². The molecule has 2 heterocycles. The van der Waals surface area contributed by atoms with Crippen LogP contribution in [-0.4, -0.2) is 36.6 Å². The maximum atomic E-state index is 12.3. The van der Waals surface area contributed by atoms with Gasteiger partial charge in [-0.05, 0) is 31.2 Å². The average Bonchev–Trinajstić information content (AvgIpc) is 2.90. The molecule has 2 unspecified atom stereocenters.